The lowest BCUT2D eigenvalue weighted by Crippen LogP contribution is -2.34. The molecule has 2 rings (SSSR count). The third kappa shape index (κ3) is 2.35. The van der Waals surface area contributed by atoms with Gasteiger partial charge in [0.2, 0.25) is 5.82 Å². The molecule has 2 aromatic heterocycles. The largest absolute Gasteiger partial charge is 0.467 e. The number of aliphatic hydroxyl groups excluding tert-OH is 1. The Morgan fingerprint density at radius 2 is 2.53 bits per heavy atom. The second-order valence-corrected chi connectivity index (χ2v) is 4.37. The minimum Gasteiger partial charge on any atom is -0.467 e. The summed E-state index contributed by atoms with van der Waals surface area (Å²) in [6.45, 7) is -0.561. The molecule has 0 bridgehead atoms. The van der Waals surface area contributed by atoms with E-state index in [4.69, 9.17) is 5.11 Å². The summed E-state index contributed by atoms with van der Waals surface area (Å²) in [4.78, 5) is 26.2. The van der Waals surface area contributed by atoms with E-state index < -0.39 is 23.5 Å². The van der Waals surface area contributed by atoms with Crippen molar-refractivity contribution < 1.29 is 19.6 Å². The van der Waals surface area contributed by atoms with Gasteiger partial charge in [-0.15, -0.1) is 0 Å². The number of carbonyl (C=O) groups excluding carboxylic acids is 1. The van der Waals surface area contributed by atoms with Crippen LogP contribution in [0.15, 0.2) is 11.6 Å². The molecule has 10 heteroatoms. The van der Waals surface area contributed by atoms with E-state index in [2.05, 4.69) is 15.0 Å². The van der Waals surface area contributed by atoms with Gasteiger partial charge >= 0.3 is 11.8 Å². The molecular formula is C9H10N4O5S. The van der Waals surface area contributed by atoms with Gasteiger partial charge in [0.05, 0.1) is 13.7 Å². The molecule has 0 aromatic carbocycles. The van der Waals surface area contributed by atoms with E-state index in [0.717, 1.165) is 7.11 Å². The fraction of sp³-hybridized carbons (Fsp3) is 0.333. The smallest absolute Gasteiger partial charge is 0.372 e. The summed E-state index contributed by atoms with van der Waals surface area (Å²) in [5.74, 6) is -1.10. The zero-order chi connectivity index (χ0) is 14.0. The second kappa shape index (κ2) is 5.20. The number of thiazole rings is 1. The number of carbonyl (C=O) groups is 1. The van der Waals surface area contributed by atoms with Crippen molar-refractivity contribution in [1.82, 2.24) is 9.38 Å². The summed E-state index contributed by atoms with van der Waals surface area (Å²) in [6.07, 6.45) is 1.50. The van der Waals surface area contributed by atoms with Gasteiger partial charge in [0.15, 0.2) is 0 Å². The molecule has 0 aliphatic carbocycles. The molecule has 0 aliphatic heterocycles. The molecule has 1 atom stereocenters. The van der Waals surface area contributed by atoms with Gasteiger partial charge in [0, 0.05) is 5.38 Å². The van der Waals surface area contributed by atoms with E-state index >= 15 is 0 Å². The minimum atomic E-state index is -1.10. The highest BCUT2D eigenvalue weighted by Crippen LogP contribution is 2.28. The number of imidazole rings is 1. The zero-order valence-electron chi connectivity index (χ0n) is 9.77. The molecule has 0 spiro atoms. The first-order chi connectivity index (χ1) is 9.08. The monoisotopic (exact) mass is 286 g/mol. The fourth-order valence-corrected chi connectivity index (χ4v) is 2.24. The van der Waals surface area contributed by atoms with Gasteiger partial charge in [-0.25, -0.2) is 4.79 Å². The van der Waals surface area contributed by atoms with Gasteiger partial charge < -0.3 is 25.3 Å². The Kier molecular flexibility index (Phi) is 3.62. The lowest BCUT2D eigenvalue weighted by atomic mass is 10.3. The standard InChI is InChI=1S/C9H10N4O5S/c1-18-8(15)5(4-14)10-6-7(13(16)17)12-2-3-19-9(12)11-6/h2-3,5,10,14H,4H2,1H3. The molecule has 19 heavy (non-hydrogen) atoms. The van der Waals surface area contributed by atoms with Crippen LogP contribution in [-0.4, -0.2) is 45.1 Å². The number of nitrogens with zero attached hydrogens (tertiary/aromatic N) is 3. The van der Waals surface area contributed by atoms with Crippen LogP contribution in [0.4, 0.5) is 11.6 Å². The van der Waals surface area contributed by atoms with Crippen LogP contribution in [0.25, 0.3) is 4.96 Å². The molecule has 102 valence electrons. The number of fused-ring (bicyclic) bond motifs is 1. The third-order valence-electron chi connectivity index (χ3n) is 2.39. The number of nitrogens with one attached hydrogen (secondary N) is 1. The van der Waals surface area contributed by atoms with E-state index in [-0.39, 0.29) is 11.6 Å². The van der Waals surface area contributed by atoms with Crippen molar-refractivity contribution in [2.24, 2.45) is 0 Å². The Balaban J connectivity index is 2.38. The second-order valence-electron chi connectivity index (χ2n) is 3.50. The first-order valence-corrected chi connectivity index (χ1v) is 6.01. The van der Waals surface area contributed by atoms with Crippen LogP contribution >= 0.6 is 11.3 Å². The van der Waals surface area contributed by atoms with Gasteiger partial charge in [0.1, 0.15) is 12.2 Å². The van der Waals surface area contributed by atoms with Crippen LogP contribution in [0.2, 0.25) is 0 Å². The van der Waals surface area contributed by atoms with E-state index in [1.807, 2.05) is 0 Å². The maximum atomic E-state index is 11.3. The molecule has 0 saturated carbocycles. The quantitative estimate of drug-likeness (QED) is 0.459. The van der Waals surface area contributed by atoms with Gasteiger partial charge in [-0.3, -0.25) is 0 Å². The average Bonchev–Trinajstić information content (AvgIpc) is 2.94. The Morgan fingerprint density at radius 1 is 1.79 bits per heavy atom. The van der Waals surface area contributed by atoms with Crippen LogP contribution in [0.3, 0.4) is 0 Å². The molecule has 1 unspecified atom stereocenters. The SMILES string of the molecule is COC(=O)C(CO)Nc1nc2sccn2c1[N+](=O)[O-]. The molecule has 0 amide bonds. The van der Waals surface area contributed by atoms with Gasteiger partial charge in [-0.05, 0) is 4.92 Å². The number of ether oxygens (including phenoxy) is 1. The lowest BCUT2D eigenvalue weighted by Gasteiger charge is -2.12. The number of aliphatic hydroxyl groups is 1. The van der Waals surface area contributed by atoms with Crippen molar-refractivity contribution in [3.8, 4) is 0 Å². The molecule has 2 aromatic rings. The molecule has 9 nitrogen and oxygen atoms in total. The highest BCUT2D eigenvalue weighted by Gasteiger charge is 2.28. The number of methoxy groups -OCH3 is 1. The highest BCUT2D eigenvalue weighted by molar-refractivity contribution is 7.15. The average molecular weight is 286 g/mol. The van der Waals surface area contributed by atoms with Gasteiger partial charge in [-0.2, -0.15) is 9.38 Å². The van der Waals surface area contributed by atoms with Gasteiger partial charge in [0.25, 0.3) is 4.96 Å². The number of hydrogen-bond donors (Lipinski definition) is 2. The molecule has 0 radical (unpaired) electrons. The van der Waals surface area contributed by atoms with E-state index in [9.17, 15) is 14.9 Å². The number of aromatic nitrogens is 2. The number of hydrogen-bond acceptors (Lipinski definition) is 8. The van der Waals surface area contributed by atoms with Crippen molar-refractivity contribution in [2.75, 3.05) is 19.0 Å². The molecule has 0 aliphatic rings. The van der Waals surface area contributed by atoms with Crippen LogP contribution in [0.1, 0.15) is 0 Å². The van der Waals surface area contributed by atoms with E-state index in [0.29, 0.717) is 4.96 Å². The van der Waals surface area contributed by atoms with Crippen LogP contribution in [0.5, 0.6) is 0 Å². The maximum absolute atomic E-state index is 11.3. The summed E-state index contributed by atoms with van der Waals surface area (Å²) in [5.41, 5.74) is 0. The number of anilines is 1. The zero-order valence-corrected chi connectivity index (χ0v) is 10.6. The summed E-state index contributed by atoms with van der Waals surface area (Å²) < 4.78 is 5.76. The summed E-state index contributed by atoms with van der Waals surface area (Å²) in [5, 5.41) is 24.3. The van der Waals surface area contributed by atoms with E-state index in [1.165, 1.54) is 21.9 Å². The predicted molar refractivity (Wildman–Crippen MR) is 66.2 cm³/mol. The van der Waals surface area contributed by atoms with Gasteiger partial charge in [-0.1, -0.05) is 11.3 Å². The molecule has 2 heterocycles. The topological polar surface area (TPSA) is 119 Å². The maximum Gasteiger partial charge on any atom is 0.372 e. The van der Waals surface area contributed by atoms with Crippen LogP contribution in [-0.2, 0) is 9.53 Å². The number of rotatable bonds is 5. The first kappa shape index (κ1) is 13.2. The molecule has 0 fully saturated rings. The van der Waals surface area contributed by atoms with Crippen LogP contribution < -0.4 is 5.32 Å². The normalized spacial score (nSPS) is 12.3. The molecule has 0 saturated heterocycles. The molecule has 2 N–H and O–H groups in total. The Hall–Kier alpha value is -2.20. The summed E-state index contributed by atoms with van der Waals surface area (Å²) in [6, 6.07) is -1.10. The summed E-state index contributed by atoms with van der Waals surface area (Å²) in [7, 11) is 1.16. The van der Waals surface area contributed by atoms with Crippen molar-refractivity contribution in [3.05, 3.63) is 21.7 Å². The van der Waals surface area contributed by atoms with Crippen molar-refractivity contribution in [1.29, 1.82) is 0 Å². The van der Waals surface area contributed by atoms with Crippen molar-refractivity contribution in [2.45, 2.75) is 6.04 Å². The molecular weight excluding hydrogens is 276 g/mol. The van der Waals surface area contributed by atoms with E-state index in [1.54, 1.807) is 5.38 Å². The van der Waals surface area contributed by atoms with Crippen LogP contribution in [0, 0.1) is 10.1 Å². The lowest BCUT2D eigenvalue weighted by molar-refractivity contribution is -0.389. The Morgan fingerprint density at radius 3 is 3.11 bits per heavy atom. The van der Waals surface area contributed by atoms with Crippen molar-refractivity contribution >= 4 is 33.9 Å². The predicted octanol–water partition coefficient (Wildman–Crippen LogP) is 0.250. The minimum absolute atomic E-state index is 0.0821. The number of nitro groups is 1. The Bertz CT molecular complexity index is 621. The number of esters is 1. The highest BCUT2D eigenvalue weighted by atomic mass is 32.1. The Labute approximate surface area is 110 Å². The van der Waals surface area contributed by atoms with Crippen molar-refractivity contribution in [3.63, 3.8) is 0 Å². The first-order valence-electron chi connectivity index (χ1n) is 5.13. The fourth-order valence-electron chi connectivity index (χ4n) is 1.53. The third-order valence-corrected chi connectivity index (χ3v) is 3.15. The summed E-state index contributed by atoms with van der Waals surface area (Å²) >= 11 is 1.22.